The predicted octanol–water partition coefficient (Wildman–Crippen LogP) is 2.29. The molecule has 3 aromatic rings. The first-order valence-electron chi connectivity index (χ1n) is 9.25. The molecule has 0 fully saturated rings. The number of hydrogen-bond donors (Lipinski definition) is 2. The molecule has 0 aliphatic heterocycles. The number of carbonyl (C=O) groups is 1. The van der Waals surface area contributed by atoms with E-state index < -0.39 is 5.91 Å². The molecule has 0 atom stereocenters. The molecule has 2 N–H and O–H groups in total. The Morgan fingerprint density at radius 2 is 1.86 bits per heavy atom. The molecule has 146 valence electrons. The molecule has 0 spiro atoms. The minimum atomic E-state index is -0.423. The topological polar surface area (TPSA) is 96.8 Å². The maximum atomic E-state index is 12.9. The molecule has 2 heterocycles. The first-order valence-corrected chi connectivity index (χ1v) is 9.25. The molecule has 1 amide bonds. The SMILES string of the molecule is Cc1cc(C)c(CNC(=O)c2nn(CC(C)C)c(=O)c3ccccc23)c(=O)[nH]1. The number of amides is 1. The second kappa shape index (κ2) is 7.80. The third-order valence-electron chi connectivity index (χ3n) is 4.54. The summed E-state index contributed by atoms with van der Waals surface area (Å²) in [6.07, 6.45) is 0. The molecule has 0 aliphatic rings. The Balaban J connectivity index is 1.99. The number of pyridine rings is 1. The van der Waals surface area contributed by atoms with E-state index in [-0.39, 0.29) is 29.3 Å². The van der Waals surface area contributed by atoms with Gasteiger partial charge in [0.2, 0.25) is 0 Å². The summed E-state index contributed by atoms with van der Waals surface area (Å²) >= 11 is 0. The molecule has 7 heteroatoms. The third kappa shape index (κ3) is 3.88. The van der Waals surface area contributed by atoms with Gasteiger partial charge in [0, 0.05) is 29.7 Å². The lowest BCUT2D eigenvalue weighted by molar-refractivity contribution is 0.0945. The van der Waals surface area contributed by atoms with Crippen LogP contribution < -0.4 is 16.4 Å². The van der Waals surface area contributed by atoms with Crippen molar-refractivity contribution >= 4 is 16.7 Å². The lowest BCUT2D eigenvalue weighted by Gasteiger charge is -2.13. The molecular formula is C21H24N4O3. The van der Waals surface area contributed by atoms with Crippen LogP contribution in [0.25, 0.3) is 10.8 Å². The first-order chi connectivity index (χ1) is 13.3. The minimum Gasteiger partial charge on any atom is -0.346 e. The van der Waals surface area contributed by atoms with E-state index in [0.29, 0.717) is 22.9 Å². The maximum absolute atomic E-state index is 12.9. The van der Waals surface area contributed by atoms with Crippen LogP contribution in [-0.4, -0.2) is 20.7 Å². The van der Waals surface area contributed by atoms with E-state index in [2.05, 4.69) is 15.4 Å². The van der Waals surface area contributed by atoms with Crippen LogP contribution in [-0.2, 0) is 13.1 Å². The number of aromatic nitrogens is 3. The van der Waals surface area contributed by atoms with Crippen LogP contribution in [0.3, 0.4) is 0 Å². The van der Waals surface area contributed by atoms with E-state index in [4.69, 9.17) is 0 Å². The number of aryl methyl sites for hydroxylation is 2. The summed E-state index contributed by atoms with van der Waals surface area (Å²) in [6.45, 7) is 8.11. The standard InChI is InChI=1S/C21H24N4O3/c1-12(2)11-25-21(28)16-8-6-5-7-15(16)18(24-25)20(27)22-10-17-13(3)9-14(4)23-19(17)26/h5-9,12H,10-11H2,1-4H3,(H,22,27)(H,23,26). The smallest absolute Gasteiger partial charge is 0.274 e. The maximum Gasteiger partial charge on any atom is 0.274 e. The van der Waals surface area contributed by atoms with Crippen molar-refractivity contribution in [1.82, 2.24) is 20.1 Å². The average Bonchev–Trinajstić information content (AvgIpc) is 2.62. The van der Waals surface area contributed by atoms with Crippen LogP contribution in [0, 0.1) is 19.8 Å². The van der Waals surface area contributed by atoms with Gasteiger partial charge in [0.05, 0.1) is 5.39 Å². The van der Waals surface area contributed by atoms with Gasteiger partial charge in [0.1, 0.15) is 0 Å². The van der Waals surface area contributed by atoms with Gasteiger partial charge in [-0.1, -0.05) is 32.0 Å². The zero-order valence-electron chi connectivity index (χ0n) is 16.5. The Bertz CT molecular complexity index is 1160. The lowest BCUT2D eigenvalue weighted by atomic mass is 10.1. The quantitative estimate of drug-likeness (QED) is 0.710. The molecule has 0 saturated carbocycles. The van der Waals surface area contributed by atoms with Gasteiger partial charge in [0.15, 0.2) is 5.69 Å². The molecular weight excluding hydrogens is 356 g/mol. The van der Waals surface area contributed by atoms with Crippen molar-refractivity contribution in [3.05, 3.63) is 73.6 Å². The summed E-state index contributed by atoms with van der Waals surface area (Å²) in [7, 11) is 0. The number of carbonyl (C=O) groups excluding carboxylic acids is 1. The average molecular weight is 380 g/mol. The van der Waals surface area contributed by atoms with Crippen LogP contribution in [0.5, 0.6) is 0 Å². The molecule has 28 heavy (non-hydrogen) atoms. The van der Waals surface area contributed by atoms with E-state index in [1.54, 1.807) is 24.3 Å². The highest BCUT2D eigenvalue weighted by molar-refractivity contribution is 6.04. The third-order valence-corrected chi connectivity index (χ3v) is 4.54. The van der Waals surface area contributed by atoms with Crippen molar-refractivity contribution in [2.24, 2.45) is 5.92 Å². The van der Waals surface area contributed by atoms with Gasteiger partial charge in [-0.3, -0.25) is 14.4 Å². The van der Waals surface area contributed by atoms with E-state index in [1.807, 2.05) is 33.8 Å². The van der Waals surface area contributed by atoms with Crippen molar-refractivity contribution in [1.29, 1.82) is 0 Å². The summed E-state index contributed by atoms with van der Waals surface area (Å²) < 4.78 is 1.34. The van der Waals surface area contributed by atoms with Crippen LogP contribution in [0.1, 0.15) is 41.2 Å². The van der Waals surface area contributed by atoms with Gasteiger partial charge < -0.3 is 10.3 Å². The zero-order valence-corrected chi connectivity index (χ0v) is 16.5. The van der Waals surface area contributed by atoms with Crippen molar-refractivity contribution in [3.63, 3.8) is 0 Å². The minimum absolute atomic E-state index is 0.0829. The molecule has 0 unspecified atom stereocenters. The number of benzene rings is 1. The number of rotatable bonds is 5. The second-order valence-corrected chi connectivity index (χ2v) is 7.40. The predicted molar refractivity (Wildman–Crippen MR) is 109 cm³/mol. The van der Waals surface area contributed by atoms with Crippen molar-refractivity contribution in [3.8, 4) is 0 Å². The van der Waals surface area contributed by atoms with Gasteiger partial charge in [0.25, 0.3) is 17.0 Å². The highest BCUT2D eigenvalue weighted by atomic mass is 16.2. The normalized spacial score (nSPS) is 11.2. The van der Waals surface area contributed by atoms with Crippen LogP contribution in [0.15, 0.2) is 39.9 Å². The highest BCUT2D eigenvalue weighted by Crippen LogP contribution is 2.14. The van der Waals surface area contributed by atoms with Gasteiger partial charge in [-0.15, -0.1) is 0 Å². The van der Waals surface area contributed by atoms with Crippen molar-refractivity contribution in [2.45, 2.75) is 40.8 Å². The van der Waals surface area contributed by atoms with Crippen molar-refractivity contribution < 1.29 is 4.79 Å². The van der Waals surface area contributed by atoms with E-state index in [1.165, 1.54) is 4.68 Å². The van der Waals surface area contributed by atoms with Gasteiger partial charge >= 0.3 is 0 Å². The summed E-state index contributed by atoms with van der Waals surface area (Å²) in [5, 5.41) is 8.04. The molecule has 7 nitrogen and oxygen atoms in total. The zero-order chi connectivity index (χ0) is 20.4. The van der Waals surface area contributed by atoms with E-state index >= 15 is 0 Å². The highest BCUT2D eigenvalue weighted by Gasteiger charge is 2.17. The number of nitrogens with zero attached hydrogens (tertiary/aromatic N) is 2. The van der Waals surface area contributed by atoms with E-state index in [0.717, 1.165) is 11.3 Å². The van der Waals surface area contributed by atoms with Crippen LogP contribution in [0.2, 0.25) is 0 Å². The van der Waals surface area contributed by atoms with Crippen molar-refractivity contribution in [2.75, 3.05) is 0 Å². The van der Waals surface area contributed by atoms with E-state index in [9.17, 15) is 14.4 Å². The number of H-pyrrole nitrogens is 1. The monoisotopic (exact) mass is 380 g/mol. The summed E-state index contributed by atoms with van der Waals surface area (Å²) in [5.74, 6) is -0.218. The van der Waals surface area contributed by atoms with Gasteiger partial charge in [-0.05, 0) is 37.5 Å². The molecule has 3 rings (SSSR count). The summed E-state index contributed by atoms with van der Waals surface area (Å²) in [5.41, 5.74) is 1.82. The number of fused-ring (bicyclic) bond motifs is 1. The Kier molecular flexibility index (Phi) is 5.44. The Morgan fingerprint density at radius 1 is 1.18 bits per heavy atom. The largest absolute Gasteiger partial charge is 0.346 e. The molecule has 0 radical (unpaired) electrons. The fraction of sp³-hybridized carbons (Fsp3) is 0.333. The van der Waals surface area contributed by atoms with Gasteiger partial charge in [-0.2, -0.15) is 5.10 Å². The Morgan fingerprint density at radius 3 is 2.50 bits per heavy atom. The Hall–Kier alpha value is -3.22. The number of aromatic amines is 1. The van der Waals surface area contributed by atoms with Gasteiger partial charge in [-0.25, -0.2) is 4.68 Å². The fourth-order valence-electron chi connectivity index (χ4n) is 3.23. The summed E-state index contributed by atoms with van der Waals surface area (Å²) in [6, 6.07) is 8.80. The molecule has 0 aliphatic carbocycles. The molecule has 2 aromatic heterocycles. The number of nitrogens with one attached hydrogen (secondary N) is 2. The Labute approximate surface area is 162 Å². The second-order valence-electron chi connectivity index (χ2n) is 7.40. The number of hydrogen-bond acceptors (Lipinski definition) is 4. The first kappa shape index (κ1) is 19.5. The molecule has 0 bridgehead atoms. The van der Waals surface area contributed by atoms with Crippen LogP contribution in [0.4, 0.5) is 0 Å². The lowest BCUT2D eigenvalue weighted by Crippen LogP contribution is -2.32. The molecule has 1 aromatic carbocycles. The van der Waals surface area contributed by atoms with Crippen LogP contribution >= 0.6 is 0 Å². The summed E-state index contributed by atoms with van der Waals surface area (Å²) in [4.78, 5) is 40.4. The fourth-order valence-corrected chi connectivity index (χ4v) is 3.23. The molecule has 0 saturated heterocycles.